The molecule has 1 rings (SSSR count). The van der Waals surface area contributed by atoms with Crippen molar-refractivity contribution in [3.8, 4) is 0 Å². The summed E-state index contributed by atoms with van der Waals surface area (Å²) < 4.78 is 1.76. The Bertz CT molecular complexity index is 164. The lowest BCUT2D eigenvalue weighted by Crippen LogP contribution is -2.01. The highest BCUT2D eigenvalue weighted by atomic mass is 16.3. The lowest BCUT2D eigenvalue weighted by molar-refractivity contribution is 0.268. The van der Waals surface area contributed by atoms with Gasteiger partial charge in [-0.2, -0.15) is 5.10 Å². The van der Waals surface area contributed by atoms with E-state index in [1.54, 1.807) is 10.9 Å². The Kier molecular flexibility index (Phi) is 1.85. The van der Waals surface area contributed by atoms with Crippen molar-refractivity contribution in [3.05, 3.63) is 18.0 Å². The Balaban J connectivity index is 2.85. The van der Waals surface area contributed by atoms with E-state index >= 15 is 0 Å². The largest absolute Gasteiger partial charge is 0.390 e. The minimum atomic E-state index is 0.0772. The minimum Gasteiger partial charge on any atom is -0.390 e. The fraction of sp³-hybridized carbons (Fsp3) is 0.500. The van der Waals surface area contributed by atoms with Crippen LogP contribution in [0, 0.1) is 0 Å². The molecule has 0 amide bonds. The maximum atomic E-state index is 8.68. The molecule has 0 aliphatic heterocycles. The van der Waals surface area contributed by atoms with Gasteiger partial charge in [-0.15, -0.1) is 0 Å². The van der Waals surface area contributed by atoms with Crippen LogP contribution in [-0.2, 0) is 13.2 Å². The van der Waals surface area contributed by atoms with Gasteiger partial charge in [-0.05, 0) is 13.0 Å². The molecule has 1 heterocycles. The predicted molar refractivity (Wildman–Crippen MR) is 33.8 cm³/mol. The van der Waals surface area contributed by atoms with Crippen LogP contribution in [0.4, 0.5) is 0 Å². The monoisotopic (exact) mass is 126 g/mol. The average Bonchev–Trinajstić information content (AvgIpc) is 2.33. The molecule has 0 bridgehead atoms. The zero-order chi connectivity index (χ0) is 6.69. The van der Waals surface area contributed by atoms with Gasteiger partial charge in [0.25, 0.3) is 0 Å². The summed E-state index contributed by atoms with van der Waals surface area (Å²) in [6.07, 6.45) is 1.69. The van der Waals surface area contributed by atoms with Gasteiger partial charge in [0.1, 0.15) is 0 Å². The van der Waals surface area contributed by atoms with Crippen LogP contribution >= 0.6 is 0 Å². The first kappa shape index (κ1) is 6.29. The van der Waals surface area contributed by atoms with Gasteiger partial charge < -0.3 is 5.11 Å². The number of aliphatic hydroxyl groups is 1. The van der Waals surface area contributed by atoms with E-state index in [2.05, 4.69) is 5.10 Å². The molecule has 1 aromatic heterocycles. The van der Waals surface area contributed by atoms with Crippen molar-refractivity contribution in [1.82, 2.24) is 9.78 Å². The second-order valence-electron chi connectivity index (χ2n) is 1.80. The number of nitrogens with zero attached hydrogens (tertiary/aromatic N) is 2. The summed E-state index contributed by atoms with van der Waals surface area (Å²) in [5, 5.41) is 12.6. The number of aromatic nitrogens is 2. The number of rotatable bonds is 2. The third kappa shape index (κ3) is 1.10. The third-order valence-corrected chi connectivity index (χ3v) is 1.27. The maximum absolute atomic E-state index is 8.68. The van der Waals surface area contributed by atoms with E-state index in [1.165, 1.54) is 0 Å². The molecule has 0 aliphatic carbocycles. The molecule has 0 aromatic carbocycles. The van der Waals surface area contributed by atoms with Gasteiger partial charge in [0.2, 0.25) is 0 Å². The molecule has 0 fully saturated rings. The summed E-state index contributed by atoms with van der Waals surface area (Å²) in [6, 6.07) is 1.81. The topological polar surface area (TPSA) is 38.0 Å². The second-order valence-corrected chi connectivity index (χ2v) is 1.80. The lowest BCUT2D eigenvalue weighted by Gasteiger charge is -1.98. The van der Waals surface area contributed by atoms with Crippen LogP contribution in [0.2, 0.25) is 0 Å². The van der Waals surface area contributed by atoms with Gasteiger partial charge in [-0.25, -0.2) is 0 Å². The Morgan fingerprint density at radius 1 is 1.78 bits per heavy atom. The molecule has 3 nitrogen and oxygen atoms in total. The van der Waals surface area contributed by atoms with E-state index in [4.69, 9.17) is 5.11 Å². The summed E-state index contributed by atoms with van der Waals surface area (Å²) in [5.74, 6) is 0. The molecule has 0 saturated carbocycles. The van der Waals surface area contributed by atoms with E-state index < -0.39 is 0 Å². The number of hydrogen-bond acceptors (Lipinski definition) is 2. The molecule has 0 aliphatic rings. The molecule has 1 N–H and O–H groups in total. The van der Waals surface area contributed by atoms with Gasteiger partial charge in [-0.1, -0.05) is 0 Å². The molecular weight excluding hydrogens is 116 g/mol. The van der Waals surface area contributed by atoms with Crippen LogP contribution < -0.4 is 0 Å². The van der Waals surface area contributed by atoms with Crippen LogP contribution in [0.5, 0.6) is 0 Å². The van der Waals surface area contributed by atoms with Crippen LogP contribution in [0.25, 0.3) is 0 Å². The SMILES string of the molecule is CCn1nccc1CO. The van der Waals surface area contributed by atoms with Gasteiger partial charge in [0.15, 0.2) is 0 Å². The van der Waals surface area contributed by atoms with Gasteiger partial charge >= 0.3 is 0 Å². The van der Waals surface area contributed by atoms with E-state index in [9.17, 15) is 0 Å². The normalized spacial score (nSPS) is 10.0. The van der Waals surface area contributed by atoms with Gasteiger partial charge in [0.05, 0.1) is 12.3 Å². The van der Waals surface area contributed by atoms with Crippen molar-refractivity contribution in [2.45, 2.75) is 20.1 Å². The first-order chi connectivity index (χ1) is 4.38. The van der Waals surface area contributed by atoms with E-state index in [-0.39, 0.29) is 6.61 Å². The first-order valence-corrected chi connectivity index (χ1v) is 3.00. The van der Waals surface area contributed by atoms with Crippen molar-refractivity contribution in [1.29, 1.82) is 0 Å². The fourth-order valence-corrected chi connectivity index (χ4v) is 0.779. The van der Waals surface area contributed by atoms with Crippen LogP contribution in [0.1, 0.15) is 12.6 Å². The highest BCUT2D eigenvalue weighted by Crippen LogP contribution is 1.96. The maximum Gasteiger partial charge on any atom is 0.0849 e. The standard InChI is InChI=1S/C6H10N2O/c1-2-8-6(5-9)3-4-7-8/h3-4,9H,2,5H2,1H3. The first-order valence-electron chi connectivity index (χ1n) is 3.00. The van der Waals surface area contributed by atoms with Crippen molar-refractivity contribution in [2.75, 3.05) is 0 Å². The Morgan fingerprint density at radius 2 is 2.56 bits per heavy atom. The predicted octanol–water partition coefficient (Wildman–Crippen LogP) is 0.395. The highest BCUT2D eigenvalue weighted by molar-refractivity contribution is 4.97. The Hall–Kier alpha value is -0.830. The Morgan fingerprint density at radius 3 is 3.00 bits per heavy atom. The number of aryl methyl sites for hydroxylation is 1. The van der Waals surface area contributed by atoms with E-state index in [1.807, 2.05) is 13.0 Å². The second kappa shape index (κ2) is 2.64. The van der Waals surface area contributed by atoms with Gasteiger partial charge in [-0.3, -0.25) is 4.68 Å². The molecule has 9 heavy (non-hydrogen) atoms. The number of hydrogen-bond donors (Lipinski definition) is 1. The molecule has 0 radical (unpaired) electrons. The number of aliphatic hydroxyl groups excluding tert-OH is 1. The van der Waals surface area contributed by atoms with Crippen molar-refractivity contribution in [2.24, 2.45) is 0 Å². The quantitative estimate of drug-likeness (QED) is 0.622. The highest BCUT2D eigenvalue weighted by Gasteiger charge is 1.95. The third-order valence-electron chi connectivity index (χ3n) is 1.27. The summed E-state index contributed by atoms with van der Waals surface area (Å²) in [4.78, 5) is 0. The average molecular weight is 126 g/mol. The summed E-state index contributed by atoms with van der Waals surface area (Å²) >= 11 is 0. The Labute approximate surface area is 53.9 Å². The molecule has 3 heteroatoms. The van der Waals surface area contributed by atoms with Crippen molar-refractivity contribution < 1.29 is 5.11 Å². The van der Waals surface area contributed by atoms with Gasteiger partial charge in [0, 0.05) is 12.7 Å². The zero-order valence-electron chi connectivity index (χ0n) is 5.41. The van der Waals surface area contributed by atoms with Crippen molar-refractivity contribution in [3.63, 3.8) is 0 Å². The molecular formula is C6H10N2O. The van der Waals surface area contributed by atoms with E-state index in [0.29, 0.717) is 0 Å². The lowest BCUT2D eigenvalue weighted by atomic mass is 10.4. The van der Waals surface area contributed by atoms with Crippen LogP contribution in [0.3, 0.4) is 0 Å². The smallest absolute Gasteiger partial charge is 0.0849 e. The van der Waals surface area contributed by atoms with Crippen molar-refractivity contribution >= 4 is 0 Å². The summed E-state index contributed by atoms with van der Waals surface area (Å²) in [6.45, 7) is 2.89. The summed E-state index contributed by atoms with van der Waals surface area (Å²) in [7, 11) is 0. The molecule has 0 saturated heterocycles. The molecule has 0 unspecified atom stereocenters. The van der Waals surface area contributed by atoms with Crippen LogP contribution in [0.15, 0.2) is 12.3 Å². The molecule has 1 aromatic rings. The zero-order valence-corrected chi connectivity index (χ0v) is 5.41. The fourth-order valence-electron chi connectivity index (χ4n) is 0.779. The minimum absolute atomic E-state index is 0.0772. The summed E-state index contributed by atoms with van der Waals surface area (Å²) in [5.41, 5.74) is 0.873. The molecule has 0 spiro atoms. The molecule has 50 valence electrons. The van der Waals surface area contributed by atoms with Crippen LogP contribution in [-0.4, -0.2) is 14.9 Å². The van der Waals surface area contributed by atoms with E-state index in [0.717, 1.165) is 12.2 Å². The molecule has 0 atom stereocenters.